The summed E-state index contributed by atoms with van der Waals surface area (Å²) >= 11 is 0. The Kier molecular flexibility index (Phi) is 6.83. The van der Waals surface area contributed by atoms with Gasteiger partial charge in [-0.1, -0.05) is 18.1 Å². The van der Waals surface area contributed by atoms with Crippen LogP contribution in [0, 0.1) is 11.8 Å². The van der Waals surface area contributed by atoms with E-state index in [9.17, 15) is 9.59 Å². The lowest BCUT2D eigenvalue weighted by atomic mass is 10.1. The van der Waals surface area contributed by atoms with E-state index in [1.54, 1.807) is 20.2 Å². The largest absolute Gasteiger partial charge is 0.497 e. The smallest absolute Gasteiger partial charge is 0.299 e. The van der Waals surface area contributed by atoms with Crippen molar-refractivity contribution < 1.29 is 14.3 Å². The second-order valence-electron chi connectivity index (χ2n) is 7.30. The number of aromatic amines is 1. The van der Waals surface area contributed by atoms with Gasteiger partial charge in [0, 0.05) is 12.1 Å². The summed E-state index contributed by atoms with van der Waals surface area (Å²) in [5, 5.41) is 2.94. The SMILES string of the molecule is CC#CC(=O)N(Cc1ccc(OC)cc1)C(C(=O)NC(C)(C)C)c1cnc[nH]1. The Morgan fingerprint density at radius 3 is 2.46 bits per heavy atom. The summed E-state index contributed by atoms with van der Waals surface area (Å²) < 4.78 is 5.18. The number of nitrogens with zero attached hydrogens (tertiary/aromatic N) is 2. The van der Waals surface area contributed by atoms with Crippen LogP contribution in [0.25, 0.3) is 0 Å². The number of benzene rings is 1. The van der Waals surface area contributed by atoms with Gasteiger partial charge in [-0.15, -0.1) is 0 Å². The number of methoxy groups -OCH3 is 1. The predicted octanol–water partition coefficient (Wildman–Crippen LogP) is 2.43. The Balaban J connectivity index is 2.43. The zero-order chi connectivity index (χ0) is 20.7. The fourth-order valence-electron chi connectivity index (χ4n) is 2.69. The van der Waals surface area contributed by atoms with Crippen molar-refractivity contribution in [2.45, 2.75) is 45.8 Å². The monoisotopic (exact) mass is 382 g/mol. The van der Waals surface area contributed by atoms with Crippen molar-refractivity contribution in [3.8, 4) is 17.6 Å². The van der Waals surface area contributed by atoms with Crippen molar-refractivity contribution in [2.75, 3.05) is 7.11 Å². The van der Waals surface area contributed by atoms with Gasteiger partial charge >= 0.3 is 0 Å². The number of hydrogen-bond acceptors (Lipinski definition) is 4. The van der Waals surface area contributed by atoms with Crippen LogP contribution in [0.4, 0.5) is 0 Å². The zero-order valence-corrected chi connectivity index (χ0v) is 16.9. The van der Waals surface area contributed by atoms with Crippen LogP contribution in [0.1, 0.15) is 45.0 Å². The molecule has 7 nitrogen and oxygen atoms in total. The number of amides is 2. The maximum atomic E-state index is 13.1. The minimum Gasteiger partial charge on any atom is -0.497 e. The molecule has 1 atom stereocenters. The predicted molar refractivity (Wildman–Crippen MR) is 106 cm³/mol. The highest BCUT2D eigenvalue weighted by molar-refractivity contribution is 5.97. The normalized spacial score (nSPS) is 11.8. The average Bonchev–Trinajstić information content (AvgIpc) is 3.14. The van der Waals surface area contributed by atoms with Gasteiger partial charge in [0.2, 0.25) is 5.91 Å². The third kappa shape index (κ3) is 5.61. The first kappa shape index (κ1) is 21.0. The number of nitrogens with one attached hydrogen (secondary N) is 2. The van der Waals surface area contributed by atoms with E-state index in [0.29, 0.717) is 11.4 Å². The van der Waals surface area contributed by atoms with Gasteiger partial charge in [0.15, 0.2) is 6.04 Å². The molecule has 2 N–H and O–H groups in total. The van der Waals surface area contributed by atoms with E-state index >= 15 is 0 Å². The van der Waals surface area contributed by atoms with Crippen LogP contribution in [0.2, 0.25) is 0 Å². The highest BCUT2D eigenvalue weighted by Crippen LogP contribution is 2.24. The Morgan fingerprint density at radius 1 is 1.29 bits per heavy atom. The van der Waals surface area contributed by atoms with Crippen LogP contribution < -0.4 is 10.1 Å². The fourth-order valence-corrected chi connectivity index (χ4v) is 2.69. The minimum atomic E-state index is -0.892. The summed E-state index contributed by atoms with van der Waals surface area (Å²) in [6.07, 6.45) is 3.02. The Morgan fingerprint density at radius 2 is 1.96 bits per heavy atom. The summed E-state index contributed by atoms with van der Waals surface area (Å²) in [5.74, 6) is 5.13. The molecule has 2 aromatic rings. The van der Waals surface area contributed by atoms with Crippen LogP contribution in [0.15, 0.2) is 36.8 Å². The van der Waals surface area contributed by atoms with E-state index < -0.39 is 17.5 Å². The molecule has 2 rings (SSSR count). The Hall–Kier alpha value is -3.27. The number of carbonyl (C=O) groups is 2. The minimum absolute atomic E-state index is 0.207. The van der Waals surface area contributed by atoms with Crippen molar-refractivity contribution >= 4 is 11.8 Å². The number of rotatable bonds is 6. The van der Waals surface area contributed by atoms with Gasteiger partial charge in [-0.3, -0.25) is 9.59 Å². The summed E-state index contributed by atoms with van der Waals surface area (Å²) in [6.45, 7) is 7.45. The molecule has 0 bridgehead atoms. The van der Waals surface area contributed by atoms with Gasteiger partial charge in [-0.25, -0.2) is 4.98 Å². The van der Waals surface area contributed by atoms with E-state index in [4.69, 9.17) is 4.74 Å². The highest BCUT2D eigenvalue weighted by Gasteiger charge is 2.33. The van der Waals surface area contributed by atoms with Crippen molar-refractivity contribution in [3.63, 3.8) is 0 Å². The molecule has 1 unspecified atom stereocenters. The molecule has 0 spiro atoms. The maximum absolute atomic E-state index is 13.1. The molecule has 1 aromatic heterocycles. The first-order chi connectivity index (χ1) is 13.2. The summed E-state index contributed by atoms with van der Waals surface area (Å²) in [6, 6.07) is 6.43. The molecule has 1 aromatic carbocycles. The molecule has 0 radical (unpaired) electrons. The van der Waals surface area contributed by atoms with Gasteiger partial charge < -0.3 is 19.9 Å². The second kappa shape index (κ2) is 9.09. The lowest BCUT2D eigenvalue weighted by Crippen LogP contribution is -2.49. The molecule has 0 saturated heterocycles. The fraction of sp³-hybridized carbons (Fsp3) is 0.381. The number of carbonyl (C=O) groups excluding carboxylic acids is 2. The van der Waals surface area contributed by atoms with Crippen LogP contribution in [0.3, 0.4) is 0 Å². The molecular weight excluding hydrogens is 356 g/mol. The Bertz CT molecular complexity index is 856. The molecule has 7 heteroatoms. The molecule has 148 valence electrons. The van der Waals surface area contributed by atoms with Crippen LogP contribution in [-0.2, 0) is 16.1 Å². The Labute approximate surface area is 165 Å². The van der Waals surface area contributed by atoms with E-state index in [0.717, 1.165) is 5.56 Å². The molecule has 28 heavy (non-hydrogen) atoms. The third-order valence-corrected chi connectivity index (χ3v) is 3.88. The van der Waals surface area contributed by atoms with E-state index in [-0.39, 0.29) is 12.5 Å². The molecule has 2 amide bonds. The molecular formula is C21H26N4O3. The quantitative estimate of drug-likeness (QED) is 0.751. The number of H-pyrrole nitrogens is 1. The van der Waals surface area contributed by atoms with Gasteiger partial charge in [0.05, 0.1) is 25.3 Å². The van der Waals surface area contributed by atoms with Gasteiger partial charge in [0.1, 0.15) is 5.75 Å². The zero-order valence-electron chi connectivity index (χ0n) is 16.9. The molecule has 0 aliphatic heterocycles. The van der Waals surface area contributed by atoms with Crippen LogP contribution in [-0.4, -0.2) is 39.3 Å². The standard InChI is InChI=1S/C21H26N4O3/c1-6-7-18(26)25(13-15-8-10-16(28-5)11-9-15)19(17-12-22-14-23-17)20(27)24-21(2,3)4/h8-12,14,19H,13H2,1-5H3,(H,22,23)(H,24,27). The third-order valence-electron chi connectivity index (χ3n) is 3.88. The highest BCUT2D eigenvalue weighted by atomic mass is 16.5. The topological polar surface area (TPSA) is 87.3 Å². The van der Waals surface area contributed by atoms with Crippen molar-refractivity contribution in [2.24, 2.45) is 0 Å². The number of hydrogen-bond donors (Lipinski definition) is 2. The van der Waals surface area contributed by atoms with E-state index in [1.165, 1.54) is 11.2 Å². The summed E-state index contributed by atoms with van der Waals surface area (Å²) in [5.41, 5.74) is 0.905. The van der Waals surface area contributed by atoms with Gasteiger partial charge in [-0.2, -0.15) is 0 Å². The average molecular weight is 382 g/mol. The summed E-state index contributed by atoms with van der Waals surface area (Å²) in [4.78, 5) is 34.3. The van der Waals surface area contributed by atoms with E-state index in [2.05, 4.69) is 27.1 Å². The molecule has 0 aliphatic carbocycles. The van der Waals surface area contributed by atoms with Crippen LogP contribution in [0.5, 0.6) is 5.75 Å². The lowest BCUT2D eigenvalue weighted by Gasteiger charge is -2.31. The van der Waals surface area contributed by atoms with Gasteiger partial charge in [0.25, 0.3) is 5.91 Å². The van der Waals surface area contributed by atoms with E-state index in [1.807, 2.05) is 45.0 Å². The van der Waals surface area contributed by atoms with Crippen LogP contribution >= 0.6 is 0 Å². The lowest BCUT2D eigenvalue weighted by molar-refractivity contribution is -0.138. The first-order valence-electron chi connectivity index (χ1n) is 8.91. The molecule has 0 fully saturated rings. The number of imidazole rings is 1. The number of aromatic nitrogens is 2. The maximum Gasteiger partial charge on any atom is 0.299 e. The van der Waals surface area contributed by atoms with Gasteiger partial charge in [-0.05, 0) is 51.3 Å². The molecule has 0 saturated carbocycles. The van der Waals surface area contributed by atoms with Crippen molar-refractivity contribution in [3.05, 3.63) is 48.0 Å². The first-order valence-corrected chi connectivity index (χ1v) is 8.91. The summed E-state index contributed by atoms with van der Waals surface area (Å²) in [7, 11) is 1.59. The van der Waals surface area contributed by atoms with Crippen molar-refractivity contribution in [1.82, 2.24) is 20.2 Å². The molecule has 1 heterocycles. The molecule has 0 aliphatic rings. The van der Waals surface area contributed by atoms with Crippen molar-refractivity contribution in [1.29, 1.82) is 0 Å². The number of ether oxygens (including phenoxy) is 1. The second-order valence-corrected chi connectivity index (χ2v) is 7.30.